The summed E-state index contributed by atoms with van der Waals surface area (Å²) in [6, 6.07) is 8.58. The van der Waals surface area contributed by atoms with Crippen molar-refractivity contribution >= 4 is 11.6 Å². The van der Waals surface area contributed by atoms with Crippen LogP contribution in [0.1, 0.15) is 15.9 Å². The van der Waals surface area contributed by atoms with Crippen LogP contribution in [0.2, 0.25) is 0 Å². The van der Waals surface area contributed by atoms with Gasteiger partial charge < -0.3 is 19.1 Å². The second-order valence-corrected chi connectivity index (χ2v) is 5.27. The summed E-state index contributed by atoms with van der Waals surface area (Å²) in [4.78, 5) is 14.2. The van der Waals surface area contributed by atoms with Crippen LogP contribution >= 0.6 is 0 Å². The first-order chi connectivity index (χ1) is 11.8. The Morgan fingerprint density at radius 2 is 1.68 bits per heavy atom. The van der Waals surface area contributed by atoms with Crippen molar-refractivity contribution < 1.29 is 32.2 Å². The molecule has 0 saturated carbocycles. The average molecular weight is 353 g/mol. The summed E-state index contributed by atoms with van der Waals surface area (Å²) in [6.45, 7) is 0.286. The molecule has 0 saturated heterocycles. The number of fused-ring (bicyclic) bond motifs is 1. The average Bonchev–Trinajstić information content (AvgIpc) is 2.90. The van der Waals surface area contributed by atoms with Gasteiger partial charge in [0.25, 0.3) is 5.91 Å². The fourth-order valence-corrected chi connectivity index (χ4v) is 2.75. The van der Waals surface area contributed by atoms with Gasteiger partial charge in [0.1, 0.15) is 5.75 Å². The Morgan fingerprint density at radius 1 is 1.00 bits per heavy atom. The number of hydrogen-bond acceptors (Lipinski definition) is 4. The number of carbonyl (C=O) groups excluding carboxylic acids is 1. The molecule has 25 heavy (non-hydrogen) atoms. The van der Waals surface area contributed by atoms with Crippen LogP contribution in [-0.2, 0) is 6.54 Å². The number of amides is 1. The quantitative estimate of drug-likeness (QED) is 0.840. The van der Waals surface area contributed by atoms with Crippen molar-refractivity contribution in [3.05, 3.63) is 47.5 Å². The van der Waals surface area contributed by atoms with E-state index in [0.717, 1.165) is 17.7 Å². The lowest BCUT2D eigenvalue weighted by atomic mass is 10.1. The van der Waals surface area contributed by atoms with Gasteiger partial charge in [0.2, 0.25) is 0 Å². The molecule has 1 aliphatic heterocycles. The first kappa shape index (κ1) is 16.9. The van der Waals surface area contributed by atoms with E-state index in [9.17, 15) is 18.0 Å². The third kappa shape index (κ3) is 3.19. The maximum Gasteiger partial charge on any atom is 0.573 e. The van der Waals surface area contributed by atoms with Crippen LogP contribution in [0.4, 0.5) is 18.9 Å². The lowest BCUT2D eigenvalue weighted by Crippen LogP contribution is -2.23. The lowest BCUT2D eigenvalue weighted by molar-refractivity contribution is -0.274. The summed E-state index contributed by atoms with van der Waals surface area (Å²) in [5, 5.41) is 0. The van der Waals surface area contributed by atoms with Crippen LogP contribution in [0.15, 0.2) is 36.4 Å². The minimum atomic E-state index is -4.76. The lowest BCUT2D eigenvalue weighted by Gasteiger charge is -2.17. The van der Waals surface area contributed by atoms with E-state index in [4.69, 9.17) is 9.47 Å². The van der Waals surface area contributed by atoms with E-state index in [1.165, 1.54) is 31.3 Å². The molecule has 0 bridgehead atoms. The summed E-state index contributed by atoms with van der Waals surface area (Å²) in [5.74, 6) is 0.116. The standard InChI is InChI=1S/C17H14F3NO4/c1-23-13-8-3-10-9-21(16(22)14(10)15(13)24-2)11-4-6-12(7-5-11)25-17(18,19)20/h3-8H,9H2,1-2H3. The van der Waals surface area contributed by atoms with Crippen LogP contribution in [0.3, 0.4) is 0 Å². The first-order valence-corrected chi connectivity index (χ1v) is 7.25. The summed E-state index contributed by atoms with van der Waals surface area (Å²) in [7, 11) is 2.91. The van der Waals surface area contributed by atoms with E-state index < -0.39 is 6.36 Å². The molecule has 0 atom stereocenters. The third-order valence-electron chi connectivity index (χ3n) is 3.80. The Balaban J connectivity index is 1.89. The van der Waals surface area contributed by atoms with E-state index in [1.54, 1.807) is 12.1 Å². The summed E-state index contributed by atoms with van der Waals surface area (Å²) in [5.41, 5.74) is 1.59. The summed E-state index contributed by atoms with van der Waals surface area (Å²) < 4.78 is 51.0. The van der Waals surface area contributed by atoms with Crippen LogP contribution in [0, 0.1) is 0 Å². The molecule has 132 valence electrons. The number of methoxy groups -OCH3 is 2. The largest absolute Gasteiger partial charge is 0.573 e. The number of alkyl halides is 3. The number of benzene rings is 2. The van der Waals surface area contributed by atoms with E-state index in [2.05, 4.69) is 4.74 Å². The number of rotatable bonds is 4. The van der Waals surface area contributed by atoms with Gasteiger partial charge in [-0.1, -0.05) is 6.07 Å². The van der Waals surface area contributed by atoms with Crippen molar-refractivity contribution in [2.45, 2.75) is 12.9 Å². The zero-order chi connectivity index (χ0) is 18.2. The first-order valence-electron chi connectivity index (χ1n) is 7.25. The monoisotopic (exact) mass is 353 g/mol. The molecule has 0 radical (unpaired) electrons. The Bertz CT molecular complexity index is 803. The fourth-order valence-electron chi connectivity index (χ4n) is 2.75. The number of ether oxygens (including phenoxy) is 3. The molecular weight excluding hydrogens is 339 g/mol. The third-order valence-corrected chi connectivity index (χ3v) is 3.80. The van der Waals surface area contributed by atoms with E-state index in [-0.39, 0.29) is 18.2 Å². The topological polar surface area (TPSA) is 48.0 Å². The molecule has 1 heterocycles. The highest BCUT2D eigenvalue weighted by molar-refractivity contribution is 6.12. The maximum absolute atomic E-state index is 12.7. The van der Waals surface area contributed by atoms with E-state index in [0.29, 0.717) is 22.7 Å². The summed E-state index contributed by atoms with van der Waals surface area (Å²) in [6.07, 6.45) is -4.76. The second kappa shape index (κ2) is 6.19. The molecular formula is C17H14F3NO4. The van der Waals surface area contributed by atoms with Crippen LogP contribution in [-0.4, -0.2) is 26.5 Å². The van der Waals surface area contributed by atoms with Crippen molar-refractivity contribution in [3.8, 4) is 17.2 Å². The maximum atomic E-state index is 12.7. The van der Waals surface area contributed by atoms with Crippen LogP contribution < -0.4 is 19.1 Å². The zero-order valence-electron chi connectivity index (χ0n) is 13.4. The van der Waals surface area contributed by atoms with Gasteiger partial charge in [-0.05, 0) is 35.9 Å². The zero-order valence-corrected chi connectivity index (χ0v) is 13.4. The molecule has 2 aromatic rings. The van der Waals surface area contributed by atoms with Gasteiger partial charge in [0.05, 0.1) is 26.3 Å². The molecule has 1 aliphatic rings. The smallest absolute Gasteiger partial charge is 0.493 e. The molecule has 2 aromatic carbocycles. The van der Waals surface area contributed by atoms with Crippen molar-refractivity contribution in [3.63, 3.8) is 0 Å². The Hall–Kier alpha value is -2.90. The number of halogens is 3. The van der Waals surface area contributed by atoms with Gasteiger partial charge in [-0.2, -0.15) is 0 Å². The van der Waals surface area contributed by atoms with Crippen LogP contribution in [0.25, 0.3) is 0 Å². The number of carbonyl (C=O) groups is 1. The van der Waals surface area contributed by atoms with E-state index in [1.807, 2.05) is 0 Å². The Kier molecular flexibility index (Phi) is 4.20. The molecule has 0 aromatic heterocycles. The SMILES string of the molecule is COc1ccc2c(c1OC)C(=O)N(c1ccc(OC(F)(F)F)cc1)C2. The summed E-state index contributed by atoms with van der Waals surface area (Å²) >= 11 is 0. The van der Waals surface area contributed by atoms with Gasteiger partial charge in [-0.3, -0.25) is 4.79 Å². The predicted octanol–water partition coefficient (Wildman–Crippen LogP) is 3.76. The van der Waals surface area contributed by atoms with Crippen molar-refractivity contribution in [2.75, 3.05) is 19.1 Å². The van der Waals surface area contributed by atoms with Gasteiger partial charge in [0.15, 0.2) is 11.5 Å². The molecule has 5 nitrogen and oxygen atoms in total. The predicted molar refractivity (Wildman–Crippen MR) is 83.2 cm³/mol. The van der Waals surface area contributed by atoms with Gasteiger partial charge >= 0.3 is 6.36 Å². The number of nitrogens with zero attached hydrogens (tertiary/aromatic N) is 1. The highest BCUT2D eigenvalue weighted by atomic mass is 19.4. The molecule has 8 heteroatoms. The van der Waals surface area contributed by atoms with Gasteiger partial charge in [-0.15, -0.1) is 13.2 Å². The minimum absolute atomic E-state index is 0.286. The van der Waals surface area contributed by atoms with E-state index >= 15 is 0 Å². The minimum Gasteiger partial charge on any atom is -0.493 e. The van der Waals surface area contributed by atoms with Crippen molar-refractivity contribution in [2.24, 2.45) is 0 Å². The molecule has 0 N–H and O–H groups in total. The van der Waals surface area contributed by atoms with Gasteiger partial charge in [-0.25, -0.2) is 0 Å². The number of anilines is 1. The van der Waals surface area contributed by atoms with Crippen LogP contribution in [0.5, 0.6) is 17.2 Å². The molecule has 0 aliphatic carbocycles. The van der Waals surface area contributed by atoms with Gasteiger partial charge in [0, 0.05) is 5.69 Å². The Labute approximate surface area is 141 Å². The molecule has 3 rings (SSSR count). The Morgan fingerprint density at radius 3 is 2.24 bits per heavy atom. The highest BCUT2D eigenvalue weighted by Crippen LogP contribution is 2.40. The van der Waals surface area contributed by atoms with Crippen molar-refractivity contribution in [1.82, 2.24) is 0 Å². The number of hydrogen-bond donors (Lipinski definition) is 0. The molecule has 0 unspecified atom stereocenters. The highest BCUT2D eigenvalue weighted by Gasteiger charge is 2.34. The molecule has 1 amide bonds. The normalized spacial score (nSPS) is 13.6. The molecule has 0 spiro atoms. The van der Waals surface area contributed by atoms with Crippen molar-refractivity contribution in [1.29, 1.82) is 0 Å². The second-order valence-electron chi connectivity index (χ2n) is 5.27. The fraction of sp³-hybridized carbons (Fsp3) is 0.235. The molecule has 0 fully saturated rings.